The number of rotatable bonds is 6. The first kappa shape index (κ1) is 16.2. The molecule has 0 unspecified atom stereocenters. The molecule has 1 rings (SSSR count). The van der Waals surface area contributed by atoms with Crippen LogP contribution < -0.4 is 0 Å². The van der Waals surface area contributed by atoms with Crippen LogP contribution in [-0.4, -0.2) is 37.4 Å². The van der Waals surface area contributed by atoms with Gasteiger partial charge in [-0.25, -0.2) is 9.59 Å². The van der Waals surface area contributed by atoms with Crippen molar-refractivity contribution >= 4 is 29.8 Å². The Morgan fingerprint density at radius 3 is 2.10 bits per heavy atom. The number of hydrogen-bond donors (Lipinski definition) is 0. The van der Waals surface area contributed by atoms with E-state index < -0.39 is 18.0 Å². The smallest absolute Gasteiger partial charge is 0.342 e. The molecule has 0 heterocycles. The van der Waals surface area contributed by atoms with E-state index in [2.05, 4.69) is 4.99 Å². The largest absolute Gasteiger partial charge is 0.464 e. The van der Waals surface area contributed by atoms with E-state index in [1.807, 2.05) is 0 Å². The Labute approximate surface area is 122 Å². The van der Waals surface area contributed by atoms with E-state index in [9.17, 15) is 9.59 Å². The van der Waals surface area contributed by atoms with E-state index in [0.29, 0.717) is 10.6 Å². The van der Waals surface area contributed by atoms with Gasteiger partial charge in [-0.15, -0.1) is 0 Å². The zero-order valence-corrected chi connectivity index (χ0v) is 12.1. The minimum absolute atomic E-state index is 0.172. The number of esters is 2. The molecule has 0 spiro atoms. The molecule has 0 amide bonds. The monoisotopic (exact) mass is 297 g/mol. The molecule has 5 nitrogen and oxygen atoms in total. The van der Waals surface area contributed by atoms with Crippen LogP contribution in [-0.2, 0) is 19.1 Å². The zero-order chi connectivity index (χ0) is 15.0. The van der Waals surface area contributed by atoms with Crippen molar-refractivity contribution in [3.8, 4) is 0 Å². The fraction of sp³-hybridized carbons (Fsp3) is 0.357. The summed E-state index contributed by atoms with van der Waals surface area (Å²) in [5.41, 5.74) is 0.716. The molecule has 0 N–H and O–H groups in total. The summed E-state index contributed by atoms with van der Waals surface area (Å²) in [6.45, 7) is 3.66. The summed E-state index contributed by atoms with van der Waals surface area (Å²) in [6.07, 6.45) is 1.41. The number of ether oxygens (including phenoxy) is 2. The van der Waals surface area contributed by atoms with Gasteiger partial charge >= 0.3 is 11.9 Å². The van der Waals surface area contributed by atoms with Gasteiger partial charge in [0.2, 0.25) is 6.04 Å². The SMILES string of the molecule is CCOC(=O)C(N=Cc1ccc(Cl)cc1)C(=O)OCC. The highest BCUT2D eigenvalue weighted by atomic mass is 35.5. The molecule has 20 heavy (non-hydrogen) atoms. The molecule has 108 valence electrons. The maximum atomic E-state index is 11.7. The number of hydrogen-bond acceptors (Lipinski definition) is 5. The Morgan fingerprint density at radius 2 is 1.65 bits per heavy atom. The van der Waals surface area contributed by atoms with E-state index in [1.165, 1.54) is 6.21 Å². The normalized spacial score (nSPS) is 10.8. The minimum Gasteiger partial charge on any atom is -0.464 e. The third kappa shape index (κ3) is 5.01. The van der Waals surface area contributed by atoms with Crippen LogP contribution in [0.1, 0.15) is 19.4 Å². The third-order valence-electron chi connectivity index (χ3n) is 2.26. The molecule has 0 atom stereocenters. The molecule has 1 aromatic rings. The Balaban J connectivity index is 2.85. The van der Waals surface area contributed by atoms with Crippen LogP contribution in [0.3, 0.4) is 0 Å². The van der Waals surface area contributed by atoms with Gasteiger partial charge in [-0.1, -0.05) is 23.7 Å². The lowest BCUT2D eigenvalue weighted by Crippen LogP contribution is -2.32. The third-order valence-corrected chi connectivity index (χ3v) is 2.51. The van der Waals surface area contributed by atoms with Gasteiger partial charge in [-0.05, 0) is 31.5 Å². The summed E-state index contributed by atoms with van der Waals surface area (Å²) < 4.78 is 9.61. The highest BCUT2D eigenvalue weighted by molar-refractivity contribution is 6.30. The Morgan fingerprint density at radius 1 is 1.15 bits per heavy atom. The number of benzene rings is 1. The van der Waals surface area contributed by atoms with Gasteiger partial charge in [0, 0.05) is 11.2 Å². The van der Waals surface area contributed by atoms with E-state index in [0.717, 1.165) is 0 Å². The maximum Gasteiger partial charge on any atom is 0.342 e. The standard InChI is InChI=1S/C14H16ClNO4/c1-3-19-13(17)12(14(18)20-4-2)16-9-10-5-7-11(15)8-6-10/h5-9,12H,3-4H2,1-2H3. The van der Waals surface area contributed by atoms with Crippen molar-refractivity contribution in [1.82, 2.24) is 0 Å². The van der Waals surface area contributed by atoms with Gasteiger partial charge < -0.3 is 9.47 Å². The summed E-state index contributed by atoms with van der Waals surface area (Å²) in [5, 5.41) is 0.592. The first-order valence-corrected chi connectivity index (χ1v) is 6.58. The lowest BCUT2D eigenvalue weighted by Gasteiger charge is -2.10. The Hall–Kier alpha value is -1.88. The topological polar surface area (TPSA) is 65.0 Å². The predicted molar refractivity (Wildman–Crippen MR) is 76.1 cm³/mol. The summed E-state index contributed by atoms with van der Waals surface area (Å²) in [4.78, 5) is 27.3. The second-order valence-corrected chi connectivity index (χ2v) is 4.17. The molecule has 0 saturated carbocycles. The predicted octanol–water partition coefficient (Wildman–Crippen LogP) is 2.25. The fourth-order valence-electron chi connectivity index (χ4n) is 1.37. The number of halogens is 1. The van der Waals surface area contributed by atoms with Crippen molar-refractivity contribution in [1.29, 1.82) is 0 Å². The van der Waals surface area contributed by atoms with E-state index in [1.54, 1.807) is 38.1 Å². The molecule has 0 aliphatic rings. The molecule has 0 saturated heterocycles. The first-order valence-electron chi connectivity index (χ1n) is 6.20. The lowest BCUT2D eigenvalue weighted by molar-refractivity contribution is -0.156. The Kier molecular flexibility index (Phi) is 6.73. The van der Waals surface area contributed by atoms with Crippen LogP contribution in [0.4, 0.5) is 0 Å². The second-order valence-electron chi connectivity index (χ2n) is 3.74. The van der Waals surface area contributed by atoms with Gasteiger partial charge in [-0.2, -0.15) is 0 Å². The van der Waals surface area contributed by atoms with E-state index >= 15 is 0 Å². The van der Waals surface area contributed by atoms with Crippen LogP contribution in [0, 0.1) is 0 Å². The molecule has 0 bridgehead atoms. The van der Waals surface area contributed by atoms with Crippen molar-refractivity contribution < 1.29 is 19.1 Å². The lowest BCUT2D eigenvalue weighted by atomic mass is 10.2. The van der Waals surface area contributed by atoms with Crippen molar-refractivity contribution in [2.24, 2.45) is 4.99 Å². The van der Waals surface area contributed by atoms with Crippen LogP contribution in [0.15, 0.2) is 29.3 Å². The van der Waals surface area contributed by atoms with Crippen molar-refractivity contribution in [2.45, 2.75) is 19.9 Å². The van der Waals surface area contributed by atoms with E-state index in [-0.39, 0.29) is 13.2 Å². The molecule has 6 heteroatoms. The molecule has 0 radical (unpaired) electrons. The fourth-order valence-corrected chi connectivity index (χ4v) is 1.50. The highest BCUT2D eigenvalue weighted by Gasteiger charge is 2.28. The molecule has 0 aliphatic heterocycles. The number of nitrogens with zero attached hydrogens (tertiary/aromatic N) is 1. The first-order chi connectivity index (χ1) is 9.58. The van der Waals surface area contributed by atoms with Gasteiger partial charge in [0.15, 0.2) is 0 Å². The molecule has 0 fully saturated rings. The van der Waals surface area contributed by atoms with Crippen LogP contribution in [0.5, 0.6) is 0 Å². The summed E-state index contributed by atoms with van der Waals surface area (Å²) in [5.74, 6) is -1.45. The Bertz CT molecular complexity index is 466. The molecule has 0 aromatic heterocycles. The summed E-state index contributed by atoms with van der Waals surface area (Å²) >= 11 is 5.77. The van der Waals surface area contributed by atoms with Crippen molar-refractivity contribution in [3.63, 3.8) is 0 Å². The second kappa shape index (κ2) is 8.32. The average Bonchev–Trinajstić information content (AvgIpc) is 2.42. The average molecular weight is 298 g/mol. The van der Waals surface area contributed by atoms with Crippen LogP contribution in [0.2, 0.25) is 5.02 Å². The van der Waals surface area contributed by atoms with Gasteiger partial charge in [0.25, 0.3) is 0 Å². The molecule has 0 aliphatic carbocycles. The molecular formula is C14H16ClNO4. The quantitative estimate of drug-likeness (QED) is 0.459. The molecule has 1 aromatic carbocycles. The summed E-state index contributed by atoms with van der Waals surface area (Å²) in [7, 11) is 0. The molecular weight excluding hydrogens is 282 g/mol. The zero-order valence-electron chi connectivity index (χ0n) is 11.3. The van der Waals surface area contributed by atoms with E-state index in [4.69, 9.17) is 21.1 Å². The maximum absolute atomic E-state index is 11.7. The number of aliphatic imine (C=N–C) groups is 1. The van der Waals surface area contributed by atoms with Crippen LogP contribution >= 0.6 is 11.6 Å². The summed E-state index contributed by atoms with van der Waals surface area (Å²) in [6, 6.07) is 5.52. The minimum atomic E-state index is -1.30. The van der Waals surface area contributed by atoms with Crippen molar-refractivity contribution in [2.75, 3.05) is 13.2 Å². The van der Waals surface area contributed by atoms with Crippen molar-refractivity contribution in [3.05, 3.63) is 34.9 Å². The van der Waals surface area contributed by atoms with Gasteiger partial charge in [0.1, 0.15) is 0 Å². The highest BCUT2D eigenvalue weighted by Crippen LogP contribution is 2.08. The van der Waals surface area contributed by atoms with Crippen LogP contribution in [0.25, 0.3) is 0 Å². The van der Waals surface area contributed by atoms with Gasteiger partial charge in [0.05, 0.1) is 13.2 Å². The van der Waals surface area contributed by atoms with Gasteiger partial charge in [-0.3, -0.25) is 4.99 Å². The number of carbonyl (C=O) groups is 2. The number of carbonyl (C=O) groups excluding carboxylic acids is 2.